The van der Waals surface area contributed by atoms with Crippen LogP contribution in [-0.4, -0.2) is 26.7 Å². The normalized spacial score (nSPS) is 11.8. The number of nitrogens with one attached hydrogen (secondary N) is 1. The van der Waals surface area contributed by atoms with Crippen molar-refractivity contribution in [3.8, 4) is 11.5 Å². The number of hydrogen-bond donors (Lipinski definition) is 2. The Labute approximate surface area is 114 Å². The Morgan fingerprint density at radius 1 is 1.32 bits per heavy atom. The lowest BCUT2D eigenvalue weighted by atomic mass is 10.0. The van der Waals surface area contributed by atoms with E-state index in [0.717, 1.165) is 12.8 Å². The van der Waals surface area contributed by atoms with Crippen molar-refractivity contribution in [1.29, 1.82) is 0 Å². The van der Waals surface area contributed by atoms with Crippen LogP contribution in [0.1, 0.15) is 19.8 Å². The van der Waals surface area contributed by atoms with Gasteiger partial charge in [-0.05, 0) is 18.6 Å². The number of rotatable bonds is 7. The number of amides is 1. The van der Waals surface area contributed by atoms with Crippen molar-refractivity contribution in [2.45, 2.75) is 19.8 Å². The summed E-state index contributed by atoms with van der Waals surface area (Å²) < 4.78 is 10.3. The van der Waals surface area contributed by atoms with Crippen LogP contribution in [0.3, 0.4) is 0 Å². The van der Waals surface area contributed by atoms with Gasteiger partial charge in [-0.2, -0.15) is 0 Å². The molecule has 1 rings (SSSR count). The van der Waals surface area contributed by atoms with Gasteiger partial charge in [-0.3, -0.25) is 4.79 Å². The van der Waals surface area contributed by atoms with E-state index >= 15 is 0 Å². The van der Waals surface area contributed by atoms with E-state index < -0.39 is 0 Å². The van der Waals surface area contributed by atoms with Crippen LogP contribution in [-0.2, 0) is 4.79 Å². The molecule has 0 saturated carbocycles. The largest absolute Gasteiger partial charge is 0.493 e. The minimum atomic E-state index is -0.155. The molecule has 0 aliphatic heterocycles. The molecule has 5 heteroatoms. The van der Waals surface area contributed by atoms with Crippen LogP contribution in [0.5, 0.6) is 11.5 Å². The Hall–Kier alpha value is -1.75. The number of carbonyl (C=O) groups excluding carboxylic acids is 1. The third-order valence-electron chi connectivity index (χ3n) is 2.94. The topological polar surface area (TPSA) is 73.6 Å². The van der Waals surface area contributed by atoms with E-state index in [1.165, 1.54) is 0 Å². The van der Waals surface area contributed by atoms with E-state index in [4.69, 9.17) is 15.2 Å². The van der Waals surface area contributed by atoms with Crippen molar-refractivity contribution in [2.24, 2.45) is 11.7 Å². The van der Waals surface area contributed by atoms with Crippen molar-refractivity contribution in [3.05, 3.63) is 18.2 Å². The van der Waals surface area contributed by atoms with Gasteiger partial charge in [0.05, 0.1) is 20.1 Å². The Kier molecular flexibility index (Phi) is 6.15. The maximum Gasteiger partial charge on any atom is 0.228 e. The van der Waals surface area contributed by atoms with E-state index in [1.54, 1.807) is 32.4 Å². The van der Waals surface area contributed by atoms with Gasteiger partial charge in [-0.15, -0.1) is 0 Å². The number of benzene rings is 1. The van der Waals surface area contributed by atoms with Crippen LogP contribution in [0, 0.1) is 5.92 Å². The van der Waals surface area contributed by atoms with Crippen LogP contribution in [0.4, 0.5) is 5.69 Å². The first-order chi connectivity index (χ1) is 9.15. The van der Waals surface area contributed by atoms with Crippen LogP contribution < -0.4 is 20.5 Å². The standard InChI is InChI=1S/C14H22N2O3/c1-4-5-10(9-15)14(17)16-11-6-7-12(18-2)13(8-11)19-3/h6-8,10H,4-5,9,15H2,1-3H3,(H,16,17). The predicted molar refractivity (Wildman–Crippen MR) is 75.6 cm³/mol. The zero-order valence-electron chi connectivity index (χ0n) is 11.7. The van der Waals surface area contributed by atoms with Gasteiger partial charge >= 0.3 is 0 Å². The quantitative estimate of drug-likeness (QED) is 0.792. The molecule has 0 radical (unpaired) electrons. The third-order valence-corrected chi connectivity index (χ3v) is 2.94. The fourth-order valence-corrected chi connectivity index (χ4v) is 1.86. The predicted octanol–water partition coefficient (Wildman–Crippen LogP) is 2.02. The average Bonchev–Trinajstić information content (AvgIpc) is 2.44. The SMILES string of the molecule is CCCC(CN)C(=O)Nc1ccc(OC)c(OC)c1. The van der Waals surface area contributed by atoms with Crippen LogP contribution in [0.2, 0.25) is 0 Å². The number of carbonyl (C=O) groups is 1. The van der Waals surface area contributed by atoms with Gasteiger partial charge in [-0.25, -0.2) is 0 Å². The molecule has 0 bridgehead atoms. The lowest BCUT2D eigenvalue weighted by Crippen LogP contribution is -2.29. The molecular weight excluding hydrogens is 244 g/mol. The number of anilines is 1. The zero-order chi connectivity index (χ0) is 14.3. The first kappa shape index (κ1) is 15.3. The van der Waals surface area contributed by atoms with Crippen molar-refractivity contribution in [2.75, 3.05) is 26.1 Å². The number of hydrogen-bond acceptors (Lipinski definition) is 4. The molecule has 1 aromatic carbocycles. The Balaban J connectivity index is 2.79. The fourth-order valence-electron chi connectivity index (χ4n) is 1.86. The summed E-state index contributed by atoms with van der Waals surface area (Å²) in [4.78, 5) is 12.0. The molecule has 0 aromatic heterocycles. The second kappa shape index (κ2) is 7.63. The average molecular weight is 266 g/mol. The van der Waals surface area contributed by atoms with Crippen molar-refractivity contribution >= 4 is 11.6 Å². The summed E-state index contributed by atoms with van der Waals surface area (Å²) in [7, 11) is 3.13. The van der Waals surface area contributed by atoms with Crippen LogP contribution in [0.25, 0.3) is 0 Å². The molecule has 0 aliphatic carbocycles. The van der Waals surface area contributed by atoms with Gasteiger partial charge in [0.2, 0.25) is 5.91 Å². The van der Waals surface area contributed by atoms with Gasteiger partial charge in [0, 0.05) is 18.3 Å². The van der Waals surface area contributed by atoms with E-state index in [0.29, 0.717) is 23.7 Å². The molecule has 0 spiro atoms. The van der Waals surface area contributed by atoms with Crippen molar-refractivity contribution in [1.82, 2.24) is 0 Å². The lowest BCUT2D eigenvalue weighted by Gasteiger charge is -2.15. The highest BCUT2D eigenvalue weighted by Gasteiger charge is 2.16. The number of methoxy groups -OCH3 is 2. The molecule has 19 heavy (non-hydrogen) atoms. The van der Waals surface area contributed by atoms with Crippen molar-refractivity contribution in [3.63, 3.8) is 0 Å². The molecule has 0 saturated heterocycles. The molecule has 106 valence electrons. The second-order valence-electron chi connectivity index (χ2n) is 4.28. The Morgan fingerprint density at radius 3 is 2.53 bits per heavy atom. The Bertz CT molecular complexity index is 421. The monoisotopic (exact) mass is 266 g/mol. The molecule has 3 N–H and O–H groups in total. The van der Waals surface area contributed by atoms with Crippen LogP contribution >= 0.6 is 0 Å². The van der Waals surface area contributed by atoms with Gasteiger partial charge < -0.3 is 20.5 Å². The number of ether oxygens (including phenoxy) is 2. The van der Waals surface area contributed by atoms with Crippen molar-refractivity contribution < 1.29 is 14.3 Å². The highest BCUT2D eigenvalue weighted by atomic mass is 16.5. The first-order valence-electron chi connectivity index (χ1n) is 6.39. The maximum atomic E-state index is 12.0. The van der Waals surface area contributed by atoms with E-state index in [2.05, 4.69) is 5.32 Å². The number of nitrogens with two attached hydrogens (primary N) is 1. The summed E-state index contributed by atoms with van der Waals surface area (Å²) in [6.07, 6.45) is 1.72. The minimum Gasteiger partial charge on any atom is -0.493 e. The van der Waals surface area contributed by atoms with Crippen LogP contribution in [0.15, 0.2) is 18.2 Å². The summed E-state index contributed by atoms with van der Waals surface area (Å²) in [5.41, 5.74) is 6.29. The molecule has 5 nitrogen and oxygen atoms in total. The molecule has 1 aromatic rings. The van der Waals surface area contributed by atoms with E-state index in [1.807, 2.05) is 6.92 Å². The molecule has 1 unspecified atom stereocenters. The second-order valence-corrected chi connectivity index (χ2v) is 4.28. The third kappa shape index (κ3) is 4.13. The molecule has 1 atom stereocenters. The summed E-state index contributed by atoms with van der Waals surface area (Å²) in [5.74, 6) is 0.999. The lowest BCUT2D eigenvalue weighted by molar-refractivity contribution is -0.119. The highest BCUT2D eigenvalue weighted by molar-refractivity contribution is 5.93. The smallest absolute Gasteiger partial charge is 0.228 e. The highest BCUT2D eigenvalue weighted by Crippen LogP contribution is 2.29. The molecule has 0 aliphatic rings. The molecule has 1 amide bonds. The van der Waals surface area contributed by atoms with E-state index in [9.17, 15) is 4.79 Å². The summed E-state index contributed by atoms with van der Waals surface area (Å²) in [5, 5.41) is 2.85. The first-order valence-corrected chi connectivity index (χ1v) is 6.39. The molecule has 0 heterocycles. The molecular formula is C14H22N2O3. The van der Waals surface area contributed by atoms with Gasteiger partial charge in [0.1, 0.15) is 0 Å². The minimum absolute atomic E-state index is 0.0587. The summed E-state index contributed by atoms with van der Waals surface area (Å²) >= 11 is 0. The fraction of sp³-hybridized carbons (Fsp3) is 0.500. The summed E-state index contributed by atoms with van der Waals surface area (Å²) in [6.45, 7) is 2.39. The van der Waals surface area contributed by atoms with Gasteiger partial charge in [0.25, 0.3) is 0 Å². The van der Waals surface area contributed by atoms with E-state index in [-0.39, 0.29) is 11.8 Å². The summed E-state index contributed by atoms with van der Waals surface area (Å²) in [6, 6.07) is 5.26. The van der Waals surface area contributed by atoms with Gasteiger partial charge in [0.15, 0.2) is 11.5 Å². The molecule has 0 fully saturated rings. The Morgan fingerprint density at radius 2 is 2.00 bits per heavy atom. The maximum absolute atomic E-state index is 12.0. The van der Waals surface area contributed by atoms with Gasteiger partial charge in [-0.1, -0.05) is 13.3 Å². The zero-order valence-corrected chi connectivity index (χ0v) is 11.7.